The minimum Gasteiger partial charge on any atom is -0.385 e. The zero-order chi connectivity index (χ0) is 16.3. The van der Waals surface area contributed by atoms with Crippen LogP contribution in [-0.4, -0.2) is 28.7 Å². The van der Waals surface area contributed by atoms with Gasteiger partial charge >= 0.3 is 0 Å². The van der Waals surface area contributed by atoms with E-state index in [1.807, 2.05) is 12.1 Å². The Hall–Kier alpha value is -0.910. The maximum atomic E-state index is 12.6. The molecule has 1 aromatic rings. The van der Waals surface area contributed by atoms with Crippen molar-refractivity contribution < 1.29 is 13.2 Å². The third-order valence-electron chi connectivity index (χ3n) is 5.52. The fourth-order valence-corrected chi connectivity index (χ4v) is 4.93. The second-order valence-electron chi connectivity index (χ2n) is 7.06. The first-order valence-corrected chi connectivity index (χ1v) is 10.1. The fraction of sp³-hybridized carbons (Fsp3) is 0.667. The summed E-state index contributed by atoms with van der Waals surface area (Å²) in [5.74, 6) is 0. The third-order valence-corrected chi connectivity index (χ3v) is 6.92. The molecule has 5 heteroatoms. The van der Waals surface area contributed by atoms with Crippen molar-refractivity contribution in [1.29, 1.82) is 0 Å². The van der Waals surface area contributed by atoms with Crippen molar-refractivity contribution in [2.75, 3.05) is 20.3 Å². The lowest BCUT2D eigenvalue weighted by Gasteiger charge is -2.42. The van der Waals surface area contributed by atoms with Gasteiger partial charge in [0.2, 0.25) is 10.0 Å². The van der Waals surface area contributed by atoms with Gasteiger partial charge in [0.05, 0.1) is 4.90 Å². The Morgan fingerprint density at radius 2 is 1.87 bits per heavy atom. The topological polar surface area (TPSA) is 55.4 Å². The van der Waals surface area contributed by atoms with Crippen LogP contribution in [0.1, 0.15) is 49.7 Å². The maximum absolute atomic E-state index is 12.6. The monoisotopic (exact) mass is 337 g/mol. The van der Waals surface area contributed by atoms with Gasteiger partial charge in [-0.15, -0.1) is 0 Å². The largest absolute Gasteiger partial charge is 0.385 e. The Labute approximate surface area is 139 Å². The van der Waals surface area contributed by atoms with E-state index in [9.17, 15) is 8.42 Å². The smallest absolute Gasteiger partial charge is 0.240 e. The van der Waals surface area contributed by atoms with Crippen LogP contribution in [0.15, 0.2) is 23.1 Å². The Morgan fingerprint density at radius 3 is 2.52 bits per heavy atom. The van der Waals surface area contributed by atoms with E-state index in [1.54, 1.807) is 13.2 Å². The summed E-state index contributed by atoms with van der Waals surface area (Å²) in [5.41, 5.74) is 2.61. The van der Waals surface area contributed by atoms with Gasteiger partial charge in [0.1, 0.15) is 0 Å². The molecule has 4 nitrogen and oxygen atoms in total. The first kappa shape index (κ1) is 16.9. The molecule has 3 rings (SSSR count). The molecule has 0 amide bonds. The predicted molar refractivity (Wildman–Crippen MR) is 91.0 cm³/mol. The number of methoxy groups -OCH3 is 1. The van der Waals surface area contributed by atoms with Crippen molar-refractivity contribution in [3.8, 4) is 0 Å². The molecule has 0 saturated heterocycles. The average molecular weight is 337 g/mol. The number of sulfonamides is 1. The van der Waals surface area contributed by atoms with Gasteiger partial charge in [-0.1, -0.05) is 12.5 Å². The quantitative estimate of drug-likeness (QED) is 0.832. The molecule has 0 aromatic heterocycles. The Morgan fingerprint density at radius 1 is 1.13 bits per heavy atom. The zero-order valence-corrected chi connectivity index (χ0v) is 14.8. The van der Waals surface area contributed by atoms with Crippen molar-refractivity contribution in [2.45, 2.75) is 56.3 Å². The second kappa shape index (κ2) is 6.91. The molecular weight excluding hydrogens is 310 g/mol. The van der Waals surface area contributed by atoms with Gasteiger partial charge in [-0.25, -0.2) is 13.1 Å². The summed E-state index contributed by atoms with van der Waals surface area (Å²) in [6, 6.07) is 5.63. The van der Waals surface area contributed by atoms with Crippen LogP contribution in [0.5, 0.6) is 0 Å². The minimum absolute atomic E-state index is 0.0945. The Balaban J connectivity index is 1.69. The number of fused-ring (bicyclic) bond motifs is 1. The van der Waals surface area contributed by atoms with E-state index in [1.165, 1.54) is 24.0 Å². The first-order valence-electron chi connectivity index (χ1n) is 8.65. The van der Waals surface area contributed by atoms with Crippen LogP contribution in [0, 0.1) is 5.41 Å². The molecule has 2 aliphatic carbocycles. The van der Waals surface area contributed by atoms with E-state index in [0.717, 1.165) is 38.5 Å². The summed E-state index contributed by atoms with van der Waals surface area (Å²) in [7, 11) is -1.72. The van der Waals surface area contributed by atoms with E-state index in [4.69, 9.17) is 4.74 Å². The lowest BCUT2D eigenvalue weighted by molar-refractivity contribution is 0.0741. The van der Waals surface area contributed by atoms with E-state index in [-0.39, 0.29) is 5.41 Å². The molecule has 0 unspecified atom stereocenters. The molecule has 0 radical (unpaired) electrons. The van der Waals surface area contributed by atoms with Crippen molar-refractivity contribution >= 4 is 10.0 Å². The molecule has 0 spiro atoms. The number of hydrogen-bond donors (Lipinski definition) is 1. The SMILES string of the molecule is COCCC1(CNS(=O)(=O)c2ccc3c(c2)CCCC3)CCC1. The van der Waals surface area contributed by atoms with Gasteiger partial charge in [0.25, 0.3) is 0 Å². The molecule has 1 fully saturated rings. The number of hydrogen-bond acceptors (Lipinski definition) is 3. The summed E-state index contributed by atoms with van der Waals surface area (Å²) in [4.78, 5) is 0.416. The van der Waals surface area contributed by atoms with Crippen LogP contribution in [0.25, 0.3) is 0 Å². The van der Waals surface area contributed by atoms with Gasteiger partial charge in [-0.3, -0.25) is 0 Å². The van der Waals surface area contributed by atoms with E-state index in [0.29, 0.717) is 18.0 Å². The Kier molecular flexibility index (Phi) is 5.09. The minimum atomic E-state index is -3.42. The average Bonchev–Trinajstić information content (AvgIpc) is 2.53. The van der Waals surface area contributed by atoms with Gasteiger partial charge in [-0.05, 0) is 73.6 Å². The normalized spacial score (nSPS) is 19.9. The third kappa shape index (κ3) is 3.78. The predicted octanol–water partition coefficient (Wildman–Crippen LogP) is 3.05. The van der Waals surface area contributed by atoms with Crippen LogP contribution < -0.4 is 4.72 Å². The lowest BCUT2D eigenvalue weighted by atomic mass is 9.67. The van der Waals surface area contributed by atoms with Gasteiger partial charge in [-0.2, -0.15) is 0 Å². The highest BCUT2D eigenvalue weighted by molar-refractivity contribution is 7.89. The molecule has 23 heavy (non-hydrogen) atoms. The van der Waals surface area contributed by atoms with Crippen LogP contribution in [0.3, 0.4) is 0 Å². The summed E-state index contributed by atoms with van der Waals surface area (Å²) in [5, 5.41) is 0. The summed E-state index contributed by atoms with van der Waals surface area (Å²) in [6.07, 6.45) is 8.72. The maximum Gasteiger partial charge on any atom is 0.240 e. The number of benzene rings is 1. The number of aryl methyl sites for hydroxylation is 2. The van der Waals surface area contributed by atoms with Crippen LogP contribution in [-0.2, 0) is 27.6 Å². The molecule has 2 aliphatic rings. The summed E-state index contributed by atoms with van der Waals surface area (Å²) < 4.78 is 33.3. The van der Waals surface area contributed by atoms with Crippen molar-refractivity contribution in [1.82, 2.24) is 4.72 Å². The van der Waals surface area contributed by atoms with Gasteiger partial charge < -0.3 is 4.74 Å². The highest BCUT2D eigenvalue weighted by Crippen LogP contribution is 2.43. The zero-order valence-electron chi connectivity index (χ0n) is 13.9. The molecule has 0 heterocycles. The van der Waals surface area contributed by atoms with Gasteiger partial charge in [0.15, 0.2) is 0 Å². The summed E-state index contributed by atoms with van der Waals surface area (Å²) in [6.45, 7) is 1.22. The molecule has 1 aromatic carbocycles. The van der Waals surface area contributed by atoms with Crippen molar-refractivity contribution in [3.63, 3.8) is 0 Å². The van der Waals surface area contributed by atoms with Crippen molar-refractivity contribution in [2.24, 2.45) is 5.41 Å². The Bertz CT molecular complexity index is 650. The molecule has 1 N–H and O–H groups in total. The summed E-state index contributed by atoms with van der Waals surface area (Å²) >= 11 is 0. The van der Waals surface area contributed by atoms with Crippen LogP contribution in [0.2, 0.25) is 0 Å². The van der Waals surface area contributed by atoms with Gasteiger partial charge in [0, 0.05) is 20.3 Å². The highest BCUT2D eigenvalue weighted by atomic mass is 32.2. The molecule has 0 bridgehead atoms. The molecular formula is C18H27NO3S. The standard InChI is InChI=1S/C18H27NO3S/c1-22-12-11-18(9-4-10-18)14-19-23(20,21)17-8-7-15-5-2-3-6-16(15)13-17/h7-8,13,19H,2-6,9-12,14H2,1H3. The van der Waals surface area contributed by atoms with Crippen LogP contribution >= 0.6 is 0 Å². The molecule has 128 valence electrons. The lowest BCUT2D eigenvalue weighted by Crippen LogP contribution is -2.42. The van der Waals surface area contributed by atoms with E-state index < -0.39 is 10.0 Å². The molecule has 0 atom stereocenters. The number of ether oxygens (including phenoxy) is 1. The second-order valence-corrected chi connectivity index (χ2v) is 8.83. The fourth-order valence-electron chi connectivity index (χ4n) is 3.72. The first-order chi connectivity index (χ1) is 11.0. The van der Waals surface area contributed by atoms with E-state index >= 15 is 0 Å². The van der Waals surface area contributed by atoms with Crippen molar-refractivity contribution in [3.05, 3.63) is 29.3 Å². The van der Waals surface area contributed by atoms with Crippen LogP contribution in [0.4, 0.5) is 0 Å². The number of nitrogens with one attached hydrogen (secondary N) is 1. The van der Waals surface area contributed by atoms with E-state index in [2.05, 4.69) is 4.72 Å². The molecule has 0 aliphatic heterocycles. The molecule has 1 saturated carbocycles. The highest BCUT2D eigenvalue weighted by Gasteiger charge is 2.37. The number of rotatable bonds is 7.